The van der Waals surface area contributed by atoms with E-state index in [1.807, 2.05) is 20.8 Å². The minimum Gasteiger partial charge on any atom is -0.444 e. The Morgan fingerprint density at radius 3 is 2.81 bits per heavy atom. The molecule has 0 atom stereocenters. The monoisotopic (exact) mass is 241 g/mol. The van der Waals surface area contributed by atoms with Crippen LogP contribution in [0, 0.1) is 4.77 Å². The maximum atomic E-state index is 11.3. The molecule has 0 aliphatic heterocycles. The summed E-state index contributed by atoms with van der Waals surface area (Å²) in [4.78, 5) is 18.0. The van der Waals surface area contributed by atoms with Gasteiger partial charge in [-0.15, -0.1) is 0 Å². The van der Waals surface area contributed by atoms with Crippen LogP contribution in [0.3, 0.4) is 0 Å². The second-order valence-electron chi connectivity index (χ2n) is 4.28. The van der Waals surface area contributed by atoms with Crippen molar-refractivity contribution in [1.82, 2.24) is 15.3 Å². The third kappa shape index (κ3) is 4.88. The highest BCUT2D eigenvalue weighted by atomic mass is 32.1. The van der Waals surface area contributed by atoms with Gasteiger partial charge in [-0.25, -0.2) is 9.78 Å². The maximum absolute atomic E-state index is 11.3. The fourth-order valence-electron chi connectivity index (χ4n) is 0.956. The fraction of sp³-hybridized carbons (Fsp3) is 0.500. The Kier molecular flexibility index (Phi) is 4.00. The number of amides is 1. The minimum atomic E-state index is -0.487. The Balaban J connectivity index is 2.43. The maximum Gasteiger partial charge on any atom is 0.407 e. The molecule has 0 aliphatic carbocycles. The zero-order chi connectivity index (χ0) is 12.2. The minimum absolute atomic E-state index is 0.355. The van der Waals surface area contributed by atoms with Crippen LogP contribution in [0.5, 0.6) is 0 Å². The van der Waals surface area contributed by atoms with E-state index in [0.717, 1.165) is 5.56 Å². The van der Waals surface area contributed by atoms with Crippen molar-refractivity contribution in [2.45, 2.75) is 32.9 Å². The molecule has 6 heteroatoms. The number of aromatic amines is 1. The van der Waals surface area contributed by atoms with E-state index >= 15 is 0 Å². The Hall–Kier alpha value is -1.43. The van der Waals surface area contributed by atoms with Gasteiger partial charge < -0.3 is 15.0 Å². The van der Waals surface area contributed by atoms with Crippen LogP contribution >= 0.6 is 12.2 Å². The summed E-state index contributed by atoms with van der Waals surface area (Å²) in [7, 11) is 0. The van der Waals surface area contributed by atoms with Gasteiger partial charge in [-0.2, -0.15) is 0 Å². The van der Waals surface area contributed by atoms with Gasteiger partial charge in [0.25, 0.3) is 0 Å². The number of ether oxygens (including phenoxy) is 1. The number of carbonyl (C=O) groups excluding carboxylic acids is 1. The molecule has 1 amide bonds. The summed E-state index contributed by atoms with van der Waals surface area (Å²) in [5.41, 5.74) is 0.346. The van der Waals surface area contributed by atoms with Crippen LogP contribution in [0.15, 0.2) is 12.4 Å². The van der Waals surface area contributed by atoms with Gasteiger partial charge in [0.2, 0.25) is 0 Å². The molecule has 0 bridgehead atoms. The highest BCUT2D eigenvalue weighted by Gasteiger charge is 2.15. The van der Waals surface area contributed by atoms with E-state index in [2.05, 4.69) is 15.3 Å². The van der Waals surface area contributed by atoms with E-state index in [0.29, 0.717) is 11.3 Å². The molecule has 1 rings (SSSR count). The molecule has 0 saturated carbocycles. The van der Waals surface area contributed by atoms with Crippen molar-refractivity contribution >= 4 is 18.3 Å². The van der Waals surface area contributed by atoms with E-state index in [-0.39, 0.29) is 0 Å². The zero-order valence-electron chi connectivity index (χ0n) is 9.53. The molecule has 1 aromatic heterocycles. The molecule has 0 unspecified atom stereocenters. The highest BCUT2D eigenvalue weighted by molar-refractivity contribution is 7.71. The van der Waals surface area contributed by atoms with Crippen molar-refractivity contribution in [3.63, 3.8) is 0 Å². The summed E-state index contributed by atoms with van der Waals surface area (Å²) in [6.07, 6.45) is 2.86. The smallest absolute Gasteiger partial charge is 0.407 e. The predicted molar refractivity (Wildman–Crippen MR) is 62.5 cm³/mol. The first-order chi connectivity index (χ1) is 7.37. The number of nitrogens with zero attached hydrogens (tertiary/aromatic N) is 1. The van der Waals surface area contributed by atoms with Gasteiger partial charge in [0.1, 0.15) is 5.60 Å². The lowest BCUT2D eigenvalue weighted by Gasteiger charge is -2.19. The van der Waals surface area contributed by atoms with Crippen LogP contribution in [0.25, 0.3) is 0 Å². The van der Waals surface area contributed by atoms with Gasteiger partial charge in [0.15, 0.2) is 4.77 Å². The molecule has 5 nitrogen and oxygen atoms in total. The summed E-state index contributed by atoms with van der Waals surface area (Å²) in [5.74, 6) is 0. The van der Waals surface area contributed by atoms with E-state index in [1.165, 1.54) is 0 Å². The molecule has 0 saturated heterocycles. The van der Waals surface area contributed by atoms with Gasteiger partial charge in [-0.1, -0.05) is 0 Å². The van der Waals surface area contributed by atoms with E-state index in [9.17, 15) is 4.79 Å². The number of hydrogen-bond acceptors (Lipinski definition) is 4. The normalized spacial score (nSPS) is 10.9. The van der Waals surface area contributed by atoms with Crippen LogP contribution in [-0.2, 0) is 11.3 Å². The molecule has 16 heavy (non-hydrogen) atoms. The molecule has 1 aromatic rings. The third-order valence-corrected chi connectivity index (χ3v) is 1.79. The Morgan fingerprint density at radius 2 is 2.31 bits per heavy atom. The quantitative estimate of drug-likeness (QED) is 0.779. The first kappa shape index (κ1) is 12.6. The van der Waals surface area contributed by atoms with E-state index in [1.54, 1.807) is 12.4 Å². The van der Waals surface area contributed by atoms with Crippen LogP contribution in [0.2, 0.25) is 0 Å². The topological polar surface area (TPSA) is 67.0 Å². The number of alkyl carbamates (subject to hydrolysis) is 1. The molecular weight excluding hydrogens is 226 g/mol. The fourth-order valence-corrected chi connectivity index (χ4v) is 1.07. The summed E-state index contributed by atoms with van der Waals surface area (Å²) in [6.45, 7) is 5.80. The molecule has 0 spiro atoms. The van der Waals surface area contributed by atoms with Crippen LogP contribution in [-0.4, -0.2) is 21.7 Å². The van der Waals surface area contributed by atoms with Crippen molar-refractivity contribution < 1.29 is 9.53 Å². The van der Waals surface area contributed by atoms with Crippen molar-refractivity contribution in [3.05, 3.63) is 22.7 Å². The standard InChI is InChI=1S/C10H15N3O2S/c1-10(2,3)15-9(14)13-6-7-4-11-8(16)12-5-7/h4-5H,6H2,1-3H3,(H,13,14)(H,11,12,16). The summed E-state index contributed by atoms with van der Waals surface area (Å²) < 4.78 is 5.50. The summed E-state index contributed by atoms with van der Waals surface area (Å²) in [6, 6.07) is 0. The second kappa shape index (κ2) is 5.07. The number of nitrogens with one attached hydrogen (secondary N) is 2. The van der Waals surface area contributed by atoms with Gasteiger partial charge in [0, 0.05) is 24.5 Å². The van der Waals surface area contributed by atoms with Crippen molar-refractivity contribution in [2.24, 2.45) is 0 Å². The van der Waals surface area contributed by atoms with Crippen molar-refractivity contribution in [1.29, 1.82) is 0 Å². The first-order valence-corrected chi connectivity index (χ1v) is 5.28. The number of H-pyrrole nitrogens is 1. The van der Waals surface area contributed by atoms with Gasteiger partial charge in [-0.05, 0) is 33.0 Å². The summed E-state index contributed by atoms with van der Waals surface area (Å²) in [5, 5.41) is 2.62. The Morgan fingerprint density at radius 1 is 1.62 bits per heavy atom. The van der Waals surface area contributed by atoms with Crippen molar-refractivity contribution in [3.8, 4) is 0 Å². The third-order valence-electron chi connectivity index (χ3n) is 1.56. The van der Waals surface area contributed by atoms with Crippen LogP contribution < -0.4 is 5.32 Å². The SMILES string of the molecule is CC(C)(C)OC(=O)NCc1cnc(=S)[nH]c1. The van der Waals surface area contributed by atoms with E-state index in [4.69, 9.17) is 17.0 Å². The van der Waals surface area contributed by atoms with Crippen LogP contribution in [0.4, 0.5) is 4.79 Å². The van der Waals surface area contributed by atoms with Gasteiger partial charge >= 0.3 is 6.09 Å². The second-order valence-corrected chi connectivity index (χ2v) is 4.67. The lowest BCUT2D eigenvalue weighted by atomic mass is 10.2. The molecule has 0 aromatic carbocycles. The zero-order valence-corrected chi connectivity index (χ0v) is 10.4. The number of rotatable bonds is 2. The lowest BCUT2D eigenvalue weighted by Crippen LogP contribution is -2.32. The lowest BCUT2D eigenvalue weighted by molar-refractivity contribution is 0.0523. The molecule has 0 radical (unpaired) electrons. The average Bonchev–Trinajstić information content (AvgIpc) is 2.14. The van der Waals surface area contributed by atoms with Crippen molar-refractivity contribution in [2.75, 3.05) is 0 Å². The predicted octanol–water partition coefficient (Wildman–Crippen LogP) is 2.16. The molecular formula is C10H15N3O2S. The summed E-state index contributed by atoms with van der Waals surface area (Å²) >= 11 is 4.80. The number of aromatic nitrogens is 2. The number of carbonyl (C=O) groups is 1. The largest absolute Gasteiger partial charge is 0.444 e. The Bertz CT molecular complexity index is 402. The van der Waals surface area contributed by atoms with Crippen LogP contribution in [0.1, 0.15) is 26.3 Å². The van der Waals surface area contributed by atoms with E-state index < -0.39 is 11.7 Å². The van der Waals surface area contributed by atoms with Gasteiger partial charge in [0.05, 0.1) is 0 Å². The Labute approximate surface area is 99.2 Å². The number of hydrogen-bond donors (Lipinski definition) is 2. The molecule has 0 fully saturated rings. The van der Waals surface area contributed by atoms with Gasteiger partial charge in [-0.3, -0.25) is 0 Å². The average molecular weight is 241 g/mol. The molecule has 88 valence electrons. The highest BCUT2D eigenvalue weighted by Crippen LogP contribution is 2.06. The molecule has 2 N–H and O–H groups in total. The first-order valence-electron chi connectivity index (χ1n) is 4.87. The molecule has 1 heterocycles. The molecule has 0 aliphatic rings.